The summed E-state index contributed by atoms with van der Waals surface area (Å²) in [6.45, 7) is 2.34. The summed E-state index contributed by atoms with van der Waals surface area (Å²) in [4.78, 5) is 10.9. The largest absolute Gasteiger partial charge is 0.478 e. The van der Waals surface area contributed by atoms with Crippen LogP contribution in [0.1, 0.15) is 21.7 Å². The molecule has 0 amide bonds. The minimum Gasteiger partial charge on any atom is -0.478 e. The first-order valence-electron chi connectivity index (χ1n) is 5.37. The van der Waals surface area contributed by atoms with Crippen molar-refractivity contribution >= 4 is 27.6 Å². The van der Waals surface area contributed by atoms with Crippen LogP contribution < -0.4 is 5.32 Å². The van der Waals surface area contributed by atoms with Crippen LogP contribution in [-0.2, 0) is 6.54 Å². The van der Waals surface area contributed by atoms with Crippen LogP contribution in [0.3, 0.4) is 0 Å². The van der Waals surface area contributed by atoms with Gasteiger partial charge in [0.2, 0.25) is 0 Å². The Balaban J connectivity index is 2.09. The van der Waals surface area contributed by atoms with Gasteiger partial charge in [-0.3, -0.25) is 0 Å². The maximum atomic E-state index is 10.9. The number of nitrogens with one attached hydrogen (secondary N) is 1. The fourth-order valence-electron chi connectivity index (χ4n) is 1.55. The van der Waals surface area contributed by atoms with E-state index in [1.807, 2.05) is 25.1 Å². The number of carboxylic acids is 1. The Bertz CT molecular complexity index is 577. The monoisotopic (exact) mass is 309 g/mol. The maximum Gasteiger partial charge on any atom is 0.339 e. The molecular weight excluding hydrogens is 298 g/mol. The van der Waals surface area contributed by atoms with Gasteiger partial charge in [-0.1, -0.05) is 22.0 Å². The highest BCUT2D eigenvalue weighted by Gasteiger charge is 2.12. The molecule has 0 aliphatic carbocycles. The average Bonchev–Trinajstić information content (AvgIpc) is 2.79. The summed E-state index contributed by atoms with van der Waals surface area (Å²) >= 11 is 3.44. The number of carbonyl (C=O) groups is 1. The fourth-order valence-corrected chi connectivity index (χ4v) is 1.93. The number of aryl methyl sites for hydroxylation is 1. The molecule has 0 aliphatic heterocycles. The van der Waals surface area contributed by atoms with Crippen molar-refractivity contribution in [2.75, 3.05) is 5.32 Å². The number of rotatable bonds is 4. The number of hydrogen-bond acceptors (Lipinski definition) is 3. The highest BCUT2D eigenvalue weighted by atomic mass is 79.9. The van der Waals surface area contributed by atoms with Crippen molar-refractivity contribution in [1.82, 2.24) is 0 Å². The topological polar surface area (TPSA) is 62.5 Å². The van der Waals surface area contributed by atoms with Crippen LogP contribution in [0.4, 0.5) is 5.69 Å². The molecule has 0 fully saturated rings. The Kier molecular flexibility index (Phi) is 3.72. The lowest BCUT2D eigenvalue weighted by Gasteiger charge is -2.07. The van der Waals surface area contributed by atoms with Gasteiger partial charge < -0.3 is 14.8 Å². The standard InChI is InChI=1S/C13H12BrNO3/c1-8-2-3-9(6-11(8)14)15-7-12-10(13(16)17)4-5-18-12/h2-6,15H,7H2,1H3,(H,16,17). The van der Waals surface area contributed by atoms with Gasteiger partial charge in [0, 0.05) is 10.2 Å². The Morgan fingerprint density at radius 1 is 1.44 bits per heavy atom. The quantitative estimate of drug-likeness (QED) is 0.904. The Morgan fingerprint density at radius 3 is 2.89 bits per heavy atom. The van der Waals surface area contributed by atoms with Crippen molar-refractivity contribution in [3.05, 3.63) is 51.9 Å². The van der Waals surface area contributed by atoms with Crippen molar-refractivity contribution in [2.45, 2.75) is 13.5 Å². The number of halogens is 1. The van der Waals surface area contributed by atoms with Gasteiger partial charge in [-0.05, 0) is 30.7 Å². The molecule has 5 heteroatoms. The minimum absolute atomic E-state index is 0.189. The minimum atomic E-state index is -0.981. The molecule has 2 aromatic rings. The second-order valence-corrected chi connectivity index (χ2v) is 4.73. The summed E-state index contributed by atoms with van der Waals surface area (Å²) < 4.78 is 6.15. The molecule has 0 saturated carbocycles. The van der Waals surface area contributed by atoms with Crippen molar-refractivity contribution in [1.29, 1.82) is 0 Å². The molecule has 0 spiro atoms. The second-order valence-electron chi connectivity index (χ2n) is 3.88. The maximum absolute atomic E-state index is 10.9. The molecule has 1 aromatic carbocycles. The molecule has 0 bridgehead atoms. The summed E-state index contributed by atoms with van der Waals surface area (Å²) in [6.07, 6.45) is 1.38. The third kappa shape index (κ3) is 2.73. The third-order valence-electron chi connectivity index (χ3n) is 2.60. The van der Waals surface area contributed by atoms with Crippen molar-refractivity contribution < 1.29 is 14.3 Å². The molecule has 0 aliphatic rings. The first-order chi connectivity index (χ1) is 8.58. The van der Waals surface area contributed by atoms with Crippen LogP contribution in [0, 0.1) is 6.92 Å². The highest BCUT2D eigenvalue weighted by Crippen LogP contribution is 2.21. The molecule has 1 heterocycles. The van der Waals surface area contributed by atoms with E-state index < -0.39 is 5.97 Å². The predicted molar refractivity (Wildman–Crippen MR) is 71.9 cm³/mol. The van der Waals surface area contributed by atoms with Crippen molar-refractivity contribution in [3.8, 4) is 0 Å². The summed E-state index contributed by atoms with van der Waals surface area (Å²) in [5.74, 6) is -0.565. The molecule has 4 nitrogen and oxygen atoms in total. The van der Waals surface area contributed by atoms with Crippen LogP contribution in [0.15, 0.2) is 39.4 Å². The third-order valence-corrected chi connectivity index (χ3v) is 3.46. The van der Waals surface area contributed by atoms with E-state index in [1.165, 1.54) is 12.3 Å². The summed E-state index contributed by atoms with van der Waals surface area (Å²) in [5.41, 5.74) is 2.23. The number of aromatic carboxylic acids is 1. The van der Waals surface area contributed by atoms with Crippen LogP contribution in [0.2, 0.25) is 0 Å². The molecule has 0 unspecified atom stereocenters. The lowest BCUT2D eigenvalue weighted by molar-refractivity contribution is 0.0694. The van der Waals surface area contributed by atoms with E-state index in [-0.39, 0.29) is 5.56 Å². The van der Waals surface area contributed by atoms with Gasteiger partial charge in [0.15, 0.2) is 0 Å². The molecule has 18 heavy (non-hydrogen) atoms. The number of anilines is 1. The molecule has 1 aromatic heterocycles. The number of furan rings is 1. The molecule has 0 saturated heterocycles. The Labute approximate surface area is 113 Å². The molecule has 0 radical (unpaired) electrons. The lowest BCUT2D eigenvalue weighted by Crippen LogP contribution is -2.04. The van der Waals surface area contributed by atoms with Crippen LogP contribution in [0.25, 0.3) is 0 Å². The van der Waals surface area contributed by atoms with Crippen LogP contribution in [-0.4, -0.2) is 11.1 Å². The van der Waals surface area contributed by atoms with E-state index in [2.05, 4.69) is 21.2 Å². The summed E-state index contributed by atoms with van der Waals surface area (Å²) in [7, 11) is 0. The number of carboxylic acid groups (broad SMARTS) is 1. The van der Waals surface area contributed by atoms with E-state index in [9.17, 15) is 4.79 Å². The van der Waals surface area contributed by atoms with E-state index in [4.69, 9.17) is 9.52 Å². The van der Waals surface area contributed by atoms with Gasteiger partial charge in [-0.25, -0.2) is 4.79 Å². The first kappa shape index (κ1) is 12.7. The zero-order valence-electron chi connectivity index (χ0n) is 9.74. The van der Waals surface area contributed by atoms with Crippen LogP contribution >= 0.6 is 15.9 Å². The smallest absolute Gasteiger partial charge is 0.339 e. The zero-order valence-corrected chi connectivity index (χ0v) is 11.3. The molecule has 2 rings (SSSR count). The number of benzene rings is 1. The first-order valence-corrected chi connectivity index (χ1v) is 6.17. The average molecular weight is 310 g/mol. The fraction of sp³-hybridized carbons (Fsp3) is 0.154. The Morgan fingerprint density at radius 2 is 2.22 bits per heavy atom. The zero-order chi connectivity index (χ0) is 13.1. The van der Waals surface area contributed by atoms with Crippen molar-refractivity contribution in [3.63, 3.8) is 0 Å². The van der Waals surface area contributed by atoms with Gasteiger partial charge in [-0.2, -0.15) is 0 Å². The van der Waals surface area contributed by atoms with Gasteiger partial charge in [0.25, 0.3) is 0 Å². The van der Waals surface area contributed by atoms with E-state index >= 15 is 0 Å². The van der Waals surface area contributed by atoms with Gasteiger partial charge in [0.1, 0.15) is 11.3 Å². The predicted octanol–water partition coefficient (Wildman–Crippen LogP) is 3.66. The van der Waals surface area contributed by atoms with Gasteiger partial charge in [-0.15, -0.1) is 0 Å². The molecular formula is C13H12BrNO3. The molecule has 94 valence electrons. The number of hydrogen-bond donors (Lipinski definition) is 2. The van der Waals surface area contributed by atoms with E-state index in [1.54, 1.807) is 0 Å². The summed E-state index contributed by atoms with van der Waals surface area (Å²) in [6, 6.07) is 7.30. The highest BCUT2D eigenvalue weighted by molar-refractivity contribution is 9.10. The lowest BCUT2D eigenvalue weighted by atomic mass is 10.2. The Hall–Kier alpha value is -1.75. The SMILES string of the molecule is Cc1ccc(NCc2occc2C(=O)O)cc1Br. The summed E-state index contributed by atoms with van der Waals surface area (Å²) in [5, 5.41) is 12.1. The molecule has 0 atom stereocenters. The van der Waals surface area contributed by atoms with Crippen LogP contribution in [0.5, 0.6) is 0 Å². The second kappa shape index (κ2) is 5.27. The molecule has 2 N–H and O–H groups in total. The van der Waals surface area contributed by atoms with E-state index in [0.717, 1.165) is 15.7 Å². The normalized spacial score (nSPS) is 10.3. The van der Waals surface area contributed by atoms with Gasteiger partial charge >= 0.3 is 5.97 Å². The van der Waals surface area contributed by atoms with E-state index in [0.29, 0.717) is 12.3 Å². The van der Waals surface area contributed by atoms with Gasteiger partial charge in [0.05, 0.1) is 12.8 Å². The van der Waals surface area contributed by atoms with Crippen molar-refractivity contribution in [2.24, 2.45) is 0 Å².